The van der Waals surface area contributed by atoms with Gasteiger partial charge in [0.2, 0.25) is 0 Å². The summed E-state index contributed by atoms with van der Waals surface area (Å²) in [7, 11) is 0. The van der Waals surface area contributed by atoms with E-state index >= 15 is 0 Å². The molecule has 0 atom stereocenters. The zero-order chi connectivity index (χ0) is 27.2. The molecule has 0 saturated carbocycles. The van der Waals surface area contributed by atoms with Gasteiger partial charge in [-0.2, -0.15) is 10.5 Å². The van der Waals surface area contributed by atoms with E-state index in [4.69, 9.17) is 24.2 Å². The van der Waals surface area contributed by atoms with Crippen molar-refractivity contribution >= 4 is 22.2 Å². The smallest absolute Gasteiger partial charge is 0.161 e. The fraction of sp³-hybridized carbons (Fsp3) is 0.129. The third kappa shape index (κ3) is 5.72. The van der Waals surface area contributed by atoms with E-state index in [2.05, 4.69) is 28.1 Å². The Labute approximate surface area is 233 Å². The number of carbonyl (C=O) groups is 1. The minimum atomic E-state index is 0.115. The Balaban J connectivity index is 1.38. The number of hydrogen-bond donors (Lipinski definition) is 0. The normalized spacial score (nSPS) is 11.7. The van der Waals surface area contributed by atoms with Crippen LogP contribution in [0.1, 0.15) is 32.6 Å². The number of halogens is 1. The first-order valence-corrected chi connectivity index (χ1v) is 12.8. The average Bonchev–Trinajstić information content (AvgIpc) is 2.99. The topological polar surface area (TPSA) is 102 Å². The first kappa shape index (κ1) is 25.8. The summed E-state index contributed by atoms with van der Waals surface area (Å²) in [4.78, 5) is 11.7. The van der Waals surface area contributed by atoms with Gasteiger partial charge >= 0.3 is 0 Å². The molecule has 4 aromatic carbocycles. The van der Waals surface area contributed by atoms with Crippen LogP contribution < -0.4 is 18.9 Å². The highest BCUT2D eigenvalue weighted by Crippen LogP contribution is 2.37. The number of nitrogens with zero attached hydrogens (tertiary/aromatic N) is 2. The molecule has 0 bridgehead atoms. The van der Waals surface area contributed by atoms with Gasteiger partial charge in [-0.25, -0.2) is 0 Å². The Morgan fingerprint density at radius 1 is 0.846 bits per heavy atom. The monoisotopic (exact) mass is 580 g/mol. The summed E-state index contributed by atoms with van der Waals surface area (Å²) in [6, 6.07) is 26.0. The van der Waals surface area contributed by atoms with Gasteiger partial charge in [0.25, 0.3) is 0 Å². The third-order valence-corrected chi connectivity index (χ3v) is 6.76. The highest BCUT2D eigenvalue weighted by molar-refractivity contribution is 9.10. The number of benzene rings is 4. The maximum absolute atomic E-state index is 11.7. The van der Waals surface area contributed by atoms with Crippen LogP contribution in [0.2, 0.25) is 0 Å². The number of nitriles is 2. The standard InChI is InChI=1S/C31H21BrN2O5/c32-27-12-24(17-35)29(38-18-21-4-1-3-20(11-21)15-33)14-30(27)39-19-23-5-2-6-25(26(23)16-34)22-7-8-28-31(13-22)37-10-9-36-28/h1-8,11-14,17H,9-10,18-19H2. The minimum absolute atomic E-state index is 0.115. The Morgan fingerprint density at radius 2 is 1.64 bits per heavy atom. The molecule has 0 unspecified atom stereocenters. The molecule has 0 radical (unpaired) electrons. The van der Waals surface area contributed by atoms with E-state index in [1.807, 2.05) is 42.5 Å². The maximum atomic E-state index is 11.7. The Kier molecular flexibility index (Phi) is 7.77. The second-order valence-corrected chi connectivity index (χ2v) is 9.49. The lowest BCUT2D eigenvalue weighted by Gasteiger charge is -2.19. The zero-order valence-corrected chi connectivity index (χ0v) is 22.2. The summed E-state index contributed by atoms with van der Waals surface area (Å²) in [5, 5.41) is 19.2. The van der Waals surface area contributed by atoms with Gasteiger partial charge in [-0.1, -0.05) is 36.4 Å². The largest absolute Gasteiger partial charge is 0.488 e. The highest BCUT2D eigenvalue weighted by atomic mass is 79.9. The summed E-state index contributed by atoms with van der Waals surface area (Å²) >= 11 is 3.47. The van der Waals surface area contributed by atoms with Gasteiger partial charge in [0, 0.05) is 11.6 Å². The molecule has 0 N–H and O–H groups in total. The van der Waals surface area contributed by atoms with Gasteiger partial charge in [0.1, 0.15) is 44.0 Å². The van der Waals surface area contributed by atoms with Crippen LogP contribution in [-0.4, -0.2) is 19.5 Å². The van der Waals surface area contributed by atoms with E-state index in [1.54, 1.807) is 30.3 Å². The van der Waals surface area contributed by atoms with Crippen LogP contribution in [-0.2, 0) is 13.2 Å². The molecule has 0 spiro atoms. The molecular weight excluding hydrogens is 560 g/mol. The van der Waals surface area contributed by atoms with Crippen molar-refractivity contribution < 1.29 is 23.7 Å². The Morgan fingerprint density at radius 3 is 2.44 bits per heavy atom. The Hall–Kier alpha value is -4.79. The average molecular weight is 581 g/mol. The van der Waals surface area contributed by atoms with E-state index in [9.17, 15) is 10.1 Å². The first-order valence-electron chi connectivity index (χ1n) is 12.0. The summed E-state index contributed by atoms with van der Waals surface area (Å²) in [5.41, 5.74) is 4.46. The molecule has 0 saturated heterocycles. The number of rotatable bonds is 8. The van der Waals surface area contributed by atoms with Crippen LogP contribution in [0.4, 0.5) is 0 Å². The van der Waals surface area contributed by atoms with Crippen molar-refractivity contribution in [3.8, 4) is 46.3 Å². The fourth-order valence-corrected chi connectivity index (χ4v) is 4.70. The Bertz CT molecular complexity index is 1640. The first-order chi connectivity index (χ1) is 19.1. The number of aldehydes is 1. The zero-order valence-electron chi connectivity index (χ0n) is 20.6. The molecule has 7 nitrogen and oxygen atoms in total. The molecule has 4 aromatic rings. The van der Waals surface area contributed by atoms with Crippen molar-refractivity contribution in [2.75, 3.05) is 13.2 Å². The van der Waals surface area contributed by atoms with Gasteiger partial charge in [-0.3, -0.25) is 4.79 Å². The quantitative estimate of drug-likeness (QED) is 0.216. The minimum Gasteiger partial charge on any atom is -0.488 e. The molecule has 39 heavy (non-hydrogen) atoms. The van der Waals surface area contributed by atoms with Crippen molar-refractivity contribution in [3.05, 3.63) is 105 Å². The second-order valence-electron chi connectivity index (χ2n) is 8.64. The fourth-order valence-electron chi connectivity index (χ4n) is 4.23. The van der Waals surface area contributed by atoms with E-state index in [0.29, 0.717) is 69.2 Å². The number of ether oxygens (including phenoxy) is 4. The van der Waals surface area contributed by atoms with Crippen molar-refractivity contribution in [3.63, 3.8) is 0 Å². The van der Waals surface area contributed by atoms with Gasteiger partial charge < -0.3 is 18.9 Å². The molecule has 192 valence electrons. The maximum Gasteiger partial charge on any atom is 0.161 e. The van der Waals surface area contributed by atoms with Gasteiger partial charge in [-0.05, 0) is 63.0 Å². The number of fused-ring (bicyclic) bond motifs is 1. The SMILES string of the molecule is N#Cc1cccc(COc2cc(OCc3cccc(-c4ccc5c(c4)OCCO5)c3C#N)c(Br)cc2C=O)c1. The molecule has 0 amide bonds. The van der Waals surface area contributed by atoms with Crippen molar-refractivity contribution in [1.29, 1.82) is 10.5 Å². The predicted molar refractivity (Wildman–Crippen MR) is 147 cm³/mol. The molecule has 8 heteroatoms. The van der Waals surface area contributed by atoms with E-state index < -0.39 is 0 Å². The molecule has 0 fully saturated rings. The van der Waals surface area contributed by atoms with E-state index in [0.717, 1.165) is 16.7 Å². The van der Waals surface area contributed by atoms with Gasteiger partial charge in [0.15, 0.2) is 17.8 Å². The molecule has 0 aromatic heterocycles. The summed E-state index contributed by atoms with van der Waals surface area (Å²) in [5.74, 6) is 2.13. The van der Waals surface area contributed by atoms with Crippen LogP contribution in [0.15, 0.2) is 77.3 Å². The lowest BCUT2D eigenvalue weighted by atomic mass is 9.96. The van der Waals surface area contributed by atoms with E-state index in [1.165, 1.54) is 0 Å². The highest BCUT2D eigenvalue weighted by Gasteiger charge is 2.17. The summed E-state index contributed by atoms with van der Waals surface area (Å²) in [6.07, 6.45) is 0.709. The van der Waals surface area contributed by atoms with Crippen LogP contribution in [0.3, 0.4) is 0 Å². The van der Waals surface area contributed by atoms with Crippen molar-refractivity contribution in [1.82, 2.24) is 0 Å². The predicted octanol–water partition coefficient (Wildman–Crippen LogP) is 6.60. The lowest BCUT2D eigenvalue weighted by Crippen LogP contribution is -2.15. The molecule has 1 heterocycles. The van der Waals surface area contributed by atoms with E-state index in [-0.39, 0.29) is 13.2 Å². The molecule has 1 aliphatic rings. The van der Waals surface area contributed by atoms with Gasteiger partial charge in [-0.15, -0.1) is 0 Å². The van der Waals surface area contributed by atoms with Crippen molar-refractivity contribution in [2.45, 2.75) is 13.2 Å². The van der Waals surface area contributed by atoms with Gasteiger partial charge in [0.05, 0.1) is 27.2 Å². The summed E-state index contributed by atoms with van der Waals surface area (Å²) in [6.45, 7) is 1.27. The summed E-state index contributed by atoms with van der Waals surface area (Å²) < 4.78 is 23.9. The molecular formula is C31H21BrN2O5. The molecule has 5 rings (SSSR count). The van der Waals surface area contributed by atoms with Crippen LogP contribution >= 0.6 is 15.9 Å². The van der Waals surface area contributed by atoms with Crippen LogP contribution in [0.25, 0.3) is 11.1 Å². The van der Waals surface area contributed by atoms with Crippen molar-refractivity contribution in [2.24, 2.45) is 0 Å². The van der Waals surface area contributed by atoms with Crippen LogP contribution in [0.5, 0.6) is 23.0 Å². The molecule has 1 aliphatic heterocycles. The number of carbonyl (C=O) groups excluding carboxylic acids is 1. The molecule has 0 aliphatic carbocycles. The number of hydrogen-bond acceptors (Lipinski definition) is 7. The van der Waals surface area contributed by atoms with Crippen LogP contribution in [0, 0.1) is 22.7 Å². The second kappa shape index (κ2) is 11.7. The lowest BCUT2D eigenvalue weighted by molar-refractivity contribution is 0.111. The third-order valence-electron chi connectivity index (χ3n) is 6.14.